The minimum atomic E-state index is -3.74. The molecule has 9 nitrogen and oxygen atoms in total. The molecule has 224 valence electrons. The highest BCUT2D eigenvalue weighted by Gasteiger charge is 2.66. The third-order valence-electron chi connectivity index (χ3n) is 8.31. The molecule has 2 amide bonds. The van der Waals surface area contributed by atoms with Crippen molar-refractivity contribution in [2.45, 2.75) is 24.2 Å². The molecule has 2 aliphatic heterocycles. The zero-order valence-corrected chi connectivity index (χ0v) is 23.9. The predicted octanol–water partition coefficient (Wildman–Crippen LogP) is 6.03. The van der Waals surface area contributed by atoms with Gasteiger partial charge in [-0.2, -0.15) is 8.78 Å². The van der Waals surface area contributed by atoms with Crippen LogP contribution >= 0.6 is 34.8 Å². The number of hydrogen-bond donors (Lipinski definition) is 0. The molecule has 7 rings (SSSR count). The molecule has 4 heterocycles. The van der Waals surface area contributed by atoms with E-state index in [0.29, 0.717) is 10.4 Å². The fourth-order valence-electron chi connectivity index (χ4n) is 5.89. The number of benzene rings is 2. The van der Waals surface area contributed by atoms with Crippen LogP contribution in [0.5, 0.6) is 0 Å². The van der Waals surface area contributed by atoms with Crippen LogP contribution in [0.25, 0.3) is 11.0 Å². The second kappa shape index (κ2) is 9.54. The molecule has 1 unspecified atom stereocenters. The lowest BCUT2D eigenvalue weighted by Gasteiger charge is -2.50. The topological polar surface area (TPSA) is 106 Å². The lowest BCUT2D eigenvalue weighted by Crippen LogP contribution is -2.62. The fraction of sp³-hybridized carbons (Fsp3) is 0.370. The molecule has 4 aromatic rings. The first-order chi connectivity index (χ1) is 20.3. The average molecular weight is 659 g/mol. The van der Waals surface area contributed by atoms with Gasteiger partial charge in [-0.1, -0.05) is 46.0 Å². The number of alkyl halides is 4. The molecular formula is C27H18Cl3F4N5O4. The number of fused-ring (bicyclic) bond motifs is 1. The van der Waals surface area contributed by atoms with Crippen LogP contribution in [0, 0.1) is 11.3 Å². The molecule has 0 N–H and O–H groups in total. The Hall–Kier alpha value is -3.42. The van der Waals surface area contributed by atoms with E-state index < -0.39 is 58.8 Å². The zero-order valence-electron chi connectivity index (χ0n) is 21.7. The van der Waals surface area contributed by atoms with Gasteiger partial charge in [0.1, 0.15) is 5.92 Å². The SMILES string of the molecule is O=C(c1noc2cc(Cl)ccc12)N1CC(c2nnc(C(F)(F)c3ccc(Cl)c(Cl)c3)o2)C2(C1)CN(C(=O)[C@H]1CC1(F)F)C2. The summed E-state index contributed by atoms with van der Waals surface area (Å²) in [4.78, 5) is 29.0. The summed E-state index contributed by atoms with van der Waals surface area (Å²) in [5.41, 5.74) is -1.15. The van der Waals surface area contributed by atoms with Crippen LogP contribution in [-0.2, 0) is 10.7 Å². The van der Waals surface area contributed by atoms with Crippen molar-refractivity contribution in [2.24, 2.45) is 11.3 Å². The summed E-state index contributed by atoms with van der Waals surface area (Å²) in [6, 6.07) is 7.94. The van der Waals surface area contributed by atoms with Crippen LogP contribution < -0.4 is 0 Å². The van der Waals surface area contributed by atoms with E-state index in [1.807, 2.05) is 0 Å². The summed E-state index contributed by atoms with van der Waals surface area (Å²) in [5, 5.41) is 12.2. The fourth-order valence-corrected chi connectivity index (χ4v) is 6.35. The standard InChI is InChI=1S/C27H18Cl3F4N5O4/c28-13-2-3-14-19(6-13)43-37-20(14)23(41)38-8-16(25(9-38)10-39(11-25)22(40)15-7-26(15,31)32)21-35-36-24(42-21)27(33,34)12-1-4-17(29)18(30)5-12/h1-6,15-16H,7-11H2/t15-,16?/m1/s1. The van der Waals surface area contributed by atoms with Gasteiger partial charge in [-0.05, 0) is 24.3 Å². The van der Waals surface area contributed by atoms with Gasteiger partial charge in [0.15, 0.2) is 11.3 Å². The summed E-state index contributed by atoms with van der Waals surface area (Å²) < 4.78 is 68.8. The molecule has 1 spiro atoms. The van der Waals surface area contributed by atoms with Crippen molar-refractivity contribution in [3.8, 4) is 0 Å². The van der Waals surface area contributed by atoms with E-state index in [4.69, 9.17) is 43.7 Å². The van der Waals surface area contributed by atoms with Crippen molar-refractivity contribution in [1.82, 2.24) is 25.2 Å². The van der Waals surface area contributed by atoms with E-state index in [1.165, 1.54) is 21.9 Å². The third-order valence-corrected chi connectivity index (χ3v) is 9.28. The number of nitrogens with zero attached hydrogens (tertiary/aromatic N) is 5. The maximum atomic E-state index is 15.4. The third kappa shape index (κ3) is 4.54. The Labute approximate surface area is 254 Å². The summed E-state index contributed by atoms with van der Waals surface area (Å²) >= 11 is 17.8. The van der Waals surface area contributed by atoms with E-state index >= 15 is 8.78 Å². The van der Waals surface area contributed by atoms with E-state index in [-0.39, 0.29) is 53.4 Å². The normalized spacial score (nSPS) is 22.3. The van der Waals surface area contributed by atoms with E-state index in [1.54, 1.807) is 12.1 Å². The van der Waals surface area contributed by atoms with Crippen LogP contribution in [-0.4, -0.2) is 69.1 Å². The second-order valence-corrected chi connectivity index (χ2v) is 12.4. The number of hydrogen-bond acceptors (Lipinski definition) is 7. The van der Waals surface area contributed by atoms with Crippen LogP contribution in [0.15, 0.2) is 45.3 Å². The zero-order chi connectivity index (χ0) is 30.5. The Morgan fingerprint density at radius 3 is 2.40 bits per heavy atom. The number of halogens is 7. The first-order valence-electron chi connectivity index (χ1n) is 13.0. The molecule has 2 atom stereocenters. The van der Waals surface area contributed by atoms with Crippen LogP contribution in [0.2, 0.25) is 15.1 Å². The number of likely N-dealkylation sites (tertiary alicyclic amines) is 2. The first kappa shape index (κ1) is 28.4. The summed E-state index contributed by atoms with van der Waals surface area (Å²) in [5.74, 6) is -11.4. The largest absolute Gasteiger partial charge is 0.419 e. The molecule has 3 aliphatic rings. The molecule has 3 fully saturated rings. The van der Waals surface area contributed by atoms with Gasteiger partial charge in [-0.25, -0.2) is 8.78 Å². The summed E-state index contributed by atoms with van der Waals surface area (Å²) in [6.45, 7) is -0.0294. The van der Waals surface area contributed by atoms with Gasteiger partial charge < -0.3 is 18.7 Å². The molecule has 2 saturated heterocycles. The highest BCUT2D eigenvalue weighted by atomic mass is 35.5. The molecule has 1 saturated carbocycles. The van der Waals surface area contributed by atoms with E-state index in [9.17, 15) is 18.4 Å². The number of carbonyl (C=O) groups is 2. The van der Waals surface area contributed by atoms with Crippen LogP contribution in [0.3, 0.4) is 0 Å². The van der Waals surface area contributed by atoms with Crippen molar-refractivity contribution in [2.75, 3.05) is 26.2 Å². The number of amides is 2. The summed E-state index contributed by atoms with van der Waals surface area (Å²) in [6.07, 6.45) is -0.524. The minimum absolute atomic E-state index is 0.00436. The Morgan fingerprint density at radius 1 is 0.977 bits per heavy atom. The smallest absolute Gasteiger partial charge is 0.349 e. The first-order valence-corrected chi connectivity index (χ1v) is 14.1. The minimum Gasteiger partial charge on any atom is -0.419 e. The summed E-state index contributed by atoms with van der Waals surface area (Å²) in [7, 11) is 0. The van der Waals surface area contributed by atoms with E-state index in [0.717, 1.165) is 12.1 Å². The Kier molecular flexibility index (Phi) is 6.29. The maximum Gasteiger partial charge on any atom is 0.349 e. The maximum absolute atomic E-state index is 15.4. The Bertz CT molecular complexity index is 1810. The van der Waals surface area contributed by atoms with Crippen molar-refractivity contribution in [3.05, 3.63) is 74.5 Å². The van der Waals surface area contributed by atoms with Crippen molar-refractivity contribution in [3.63, 3.8) is 0 Å². The quantitative estimate of drug-likeness (QED) is 0.241. The molecular weight excluding hydrogens is 641 g/mol. The van der Waals surface area contributed by atoms with Crippen molar-refractivity contribution < 1.29 is 36.1 Å². The van der Waals surface area contributed by atoms with Gasteiger partial charge >= 0.3 is 5.92 Å². The molecule has 1 aliphatic carbocycles. The van der Waals surface area contributed by atoms with Gasteiger partial charge in [0.2, 0.25) is 11.8 Å². The Morgan fingerprint density at radius 2 is 1.70 bits per heavy atom. The van der Waals surface area contributed by atoms with Gasteiger partial charge in [0.05, 0.1) is 21.3 Å². The number of aromatic nitrogens is 3. The van der Waals surface area contributed by atoms with Crippen LogP contribution in [0.1, 0.15) is 40.2 Å². The molecule has 2 aromatic carbocycles. The van der Waals surface area contributed by atoms with E-state index in [2.05, 4.69) is 15.4 Å². The molecule has 16 heteroatoms. The molecule has 2 aromatic heterocycles. The molecule has 0 radical (unpaired) electrons. The lowest BCUT2D eigenvalue weighted by atomic mass is 9.71. The van der Waals surface area contributed by atoms with Gasteiger partial charge in [0, 0.05) is 54.7 Å². The van der Waals surface area contributed by atoms with Crippen molar-refractivity contribution >= 4 is 57.6 Å². The molecule has 43 heavy (non-hydrogen) atoms. The average Bonchev–Trinajstić information content (AvgIpc) is 3.40. The predicted molar refractivity (Wildman–Crippen MR) is 143 cm³/mol. The Balaban J connectivity index is 1.19. The van der Waals surface area contributed by atoms with Gasteiger partial charge in [0.25, 0.3) is 17.7 Å². The second-order valence-electron chi connectivity index (χ2n) is 11.1. The lowest BCUT2D eigenvalue weighted by molar-refractivity contribution is -0.147. The molecule has 0 bridgehead atoms. The van der Waals surface area contributed by atoms with Crippen molar-refractivity contribution in [1.29, 1.82) is 0 Å². The number of carbonyl (C=O) groups excluding carboxylic acids is 2. The highest BCUT2D eigenvalue weighted by Crippen LogP contribution is 2.54. The number of rotatable bonds is 5. The monoisotopic (exact) mass is 657 g/mol. The van der Waals surface area contributed by atoms with Gasteiger partial charge in [-0.15, -0.1) is 10.2 Å². The highest BCUT2D eigenvalue weighted by molar-refractivity contribution is 6.42. The van der Waals surface area contributed by atoms with Gasteiger partial charge in [-0.3, -0.25) is 9.59 Å². The van der Waals surface area contributed by atoms with Crippen LogP contribution in [0.4, 0.5) is 17.6 Å².